The molecular weight excluding hydrogens is 398 g/mol. The molecule has 0 aliphatic heterocycles. The second-order valence-corrected chi connectivity index (χ2v) is 7.63. The third-order valence-electron chi connectivity index (χ3n) is 4.08. The number of nitrogens with zero attached hydrogens (tertiary/aromatic N) is 2. The van der Waals surface area contributed by atoms with Gasteiger partial charge in [0.2, 0.25) is 0 Å². The quantitative estimate of drug-likeness (QED) is 0.581. The number of fused-ring (bicyclic) bond motifs is 1. The molecule has 0 radical (unpaired) electrons. The molecule has 1 heterocycles. The summed E-state index contributed by atoms with van der Waals surface area (Å²) in [6.07, 6.45) is 5.54. The number of rotatable bonds is 3. The fraction of sp³-hybridized carbons (Fsp3) is 0.211. The Morgan fingerprint density at radius 1 is 1.24 bits per heavy atom. The number of amides is 1. The van der Waals surface area contributed by atoms with Crippen molar-refractivity contribution in [1.82, 2.24) is 0 Å². The summed E-state index contributed by atoms with van der Waals surface area (Å²) < 4.78 is 0.805. The molecule has 25 heavy (non-hydrogen) atoms. The SMILES string of the molecule is N#C/C(=C\c1ccccc1Br)C(=O)Nc1sc2c(c1C#N)CCCC2. The molecule has 6 heteroatoms. The fourth-order valence-corrected chi connectivity index (χ4v) is 4.47. The molecule has 1 aliphatic carbocycles. The molecule has 0 unspecified atom stereocenters. The lowest BCUT2D eigenvalue weighted by molar-refractivity contribution is -0.112. The van der Waals surface area contributed by atoms with Crippen LogP contribution in [0.15, 0.2) is 34.3 Å². The maximum atomic E-state index is 12.5. The van der Waals surface area contributed by atoms with Gasteiger partial charge in [-0.3, -0.25) is 4.79 Å². The van der Waals surface area contributed by atoms with Gasteiger partial charge in [-0.05, 0) is 49.0 Å². The Labute approximate surface area is 158 Å². The molecule has 0 saturated heterocycles. The van der Waals surface area contributed by atoms with E-state index in [0.29, 0.717) is 10.6 Å². The Morgan fingerprint density at radius 2 is 2.00 bits per heavy atom. The van der Waals surface area contributed by atoms with E-state index < -0.39 is 5.91 Å². The Bertz CT molecular complexity index is 947. The molecule has 0 spiro atoms. The highest BCUT2D eigenvalue weighted by Crippen LogP contribution is 2.37. The van der Waals surface area contributed by atoms with Crippen molar-refractivity contribution in [3.8, 4) is 12.1 Å². The van der Waals surface area contributed by atoms with Crippen LogP contribution in [0.5, 0.6) is 0 Å². The van der Waals surface area contributed by atoms with Crippen LogP contribution in [0.2, 0.25) is 0 Å². The molecule has 0 fully saturated rings. The maximum Gasteiger partial charge on any atom is 0.266 e. The average Bonchev–Trinajstić information content (AvgIpc) is 2.97. The zero-order valence-corrected chi connectivity index (χ0v) is 15.7. The standard InChI is InChI=1S/C19H14BrN3OS/c20-16-7-3-1-5-12(16)9-13(10-21)18(24)23-19-15(11-22)14-6-2-4-8-17(14)25-19/h1,3,5,7,9H,2,4,6,8H2,(H,23,24)/b13-9+. The Kier molecular flexibility index (Phi) is 5.33. The van der Waals surface area contributed by atoms with E-state index in [0.717, 1.165) is 41.3 Å². The van der Waals surface area contributed by atoms with Crippen molar-refractivity contribution in [3.63, 3.8) is 0 Å². The number of hydrogen-bond donors (Lipinski definition) is 1. The Hall–Kier alpha value is -2.41. The summed E-state index contributed by atoms with van der Waals surface area (Å²) in [6, 6.07) is 11.5. The number of carbonyl (C=O) groups is 1. The number of benzene rings is 1. The average molecular weight is 412 g/mol. The van der Waals surface area contributed by atoms with E-state index in [9.17, 15) is 15.3 Å². The first-order valence-electron chi connectivity index (χ1n) is 7.86. The number of thiophene rings is 1. The normalized spacial score (nSPS) is 13.5. The number of anilines is 1. The van der Waals surface area contributed by atoms with Crippen LogP contribution < -0.4 is 5.32 Å². The molecule has 2 aromatic rings. The molecule has 1 aliphatic rings. The van der Waals surface area contributed by atoms with Crippen LogP contribution in [0.25, 0.3) is 6.08 Å². The van der Waals surface area contributed by atoms with E-state index in [1.54, 1.807) is 6.08 Å². The van der Waals surface area contributed by atoms with Crippen molar-refractivity contribution in [2.45, 2.75) is 25.7 Å². The maximum absolute atomic E-state index is 12.5. The van der Waals surface area contributed by atoms with Gasteiger partial charge >= 0.3 is 0 Å². The largest absolute Gasteiger partial charge is 0.312 e. The van der Waals surface area contributed by atoms with Gasteiger partial charge in [-0.15, -0.1) is 11.3 Å². The number of carbonyl (C=O) groups excluding carboxylic acids is 1. The summed E-state index contributed by atoms with van der Waals surface area (Å²) in [5, 5.41) is 22.1. The molecule has 1 aromatic heterocycles. The molecule has 3 rings (SSSR count). The van der Waals surface area contributed by atoms with Crippen LogP contribution in [0.4, 0.5) is 5.00 Å². The number of hydrogen-bond acceptors (Lipinski definition) is 4. The van der Waals surface area contributed by atoms with E-state index in [1.165, 1.54) is 16.2 Å². The minimum Gasteiger partial charge on any atom is -0.312 e. The Balaban J connectivity index is 1.89. The fourth-order valence-electron chi connectivity index (χ4n) is 2.84. The summed E-state index contributed by atoms with van der Waals surface area (Å²) in [7, 11) is 0. The predicted octanol–water partition coefficient (Wildman–Crippen LogP) is 4.81. The first kappa shape index (κ1) is 17.4. The number of aryl methyl sites for hydroxylation is 1. The summed E-state index contributed by atoms with van der Waals surface area (Å²) in [5.41, 5.74) is 2.36. The van der Waals surface area contributed by atoms with Crippen LogP contribution in [-0.2, 0) is 17.6 Å². The summed E-state index contributed by atoms with van der Waals surface area (Å²) in [4.78, 5) is 13.7. The van der Waals surface area contributed by atoms with Crippen molar-refractivity contribution in [1.29, 1.82) is 10.5 Å². The van der Waals surface area contributed by atoms with Gasteiger partial charge in [0.15, 0.2) is 0 Å². The van der Waals surface area contributed by atoms with Crippen molar-refractivity contribution >= 4 is 44.3 Å². The van der Waals surface area contributed by atoms with Crippen LogP contribution in [0, 0.1) is 22.7 Å². The Morgan fingerprint density at radius 3 is 2.72 bits per heavy atom. The lowest BCUT2D eigenvalue weighted by Gasteiger charge is -2.09. The highest BCUT2D eigenvalue weighted by Gasteiger charge is 2.22. The van der Waals surface area contributed by atoms with E-state index in [4.69, 9.17) is 0 Å². The third-order valence-corrected chi connectivity index (χ3v) is 6.01. The lowest BCUT2D eigenvalue weighted by Crippen LogP contribution is -2.13. The minimum atomic E-state index is -0.492. The van der Waals surface area contributed by atoms with Crippen molar-refractivity contribution in [3.05, 3.63) is 55.9 Å². The minimum absolute atomic E-state index is 0.00200. The van der Waals surface area contributed by atoms with Crippen LogP contribution in [0.3, 0.4) is 0 Å². The van der Waals surface area contributed by atoms with Crippen molar-refractivity contribution in [2.24, 2.45) is 0 Å². The number of halogens is 1. The molecular formula is C19H14BrN3OS. The van der Waals surface area contributed by atoms with Gasteiger partial charge in [0.1, 0.15) is 22.7 Å². The van der Waals surface area contributed by atoms with Gasteiger partial charge in [-0.25, -0.2) is 0 Å². The van der Waals surface area contributed by atoms with E-state index >= 15 is 0 Å². The summed E-state index contributed by atoms with van der Waals surface area (Å²) in [5.74, 6) is -0.492. The zero-order valence-electron chi connectivity index (χ0n) is 13.3. The van der Waals surface area contributed by atoms with Gasteiger partial charge in [0, 0.05) is 9.35 Å². The molecule has 0 atom stereocenters. The van der Waals surface area contributed by atoms with Gasteiger partial charge in [0.25, 0.3) is 5.91 Å². The third kappa shape index (κ3) is 3.66. The van der Waals surface area contributed by atoms with Crippen LogP contribution >= 0.6 is 27.3 Å². The number of nitriles is 2. The first-order valence-corrected chi connectivity index (χ1v) is 9.47. The molecule has 1 N–H and O–H groups in total. The molecule has 1 amide bonds. The second kappa shape index (κ2) is 7.65. The van der Waals surface area contributed by atoms with Crippen molar-refractivity contribution in [2.75, 3.05) is 5.32 Å². The van der Waals surface area contributed by atoms with E-state index in [2.05, 4.69) is 27.3 Å². The van der Waals surface area contributed by atoms with Crippen LogP contribution in [-0.4, -0.2) is 5.91 Å². The molecule has 124 valence electrons. The summed E-state index contributed by atoms with van der Waals surface area (Å²) >= 11 is 4.86. The zero-order chi connectivity index (χ0) is 17.8. The topological polar surface area (TPSA) is 76.7 Å². The molecule has 1 aromatic carbocycles. The highest BCUT2D eigenvalue weighted by atomic mass is 79.9. The molecule has 0 saturated carbocycles. The second-order valence-electron chi connectivity index (χ2n) is 5.67. The van der Waals surface area contributed by atoms with Gasteiger partial charge in [-0.2, -0.15) is 10.5 Å². The van der Waals surface area contributed by atoms with Crippen LogP contribution in [0.1, 0.15) is 34.4 Å². The highest BCUT2D eigenvalue weighted by molar-refractivity contribution is 9.10. The molecule has 4 nitrogen and oxygen atoms in total. The first-order chi connectivity index (χ1) is 12.1. The predicted molar refractivity (Wildman–Crippen MR) is 102 cm³/mol. The van der Waals surface area contributed by atoms with E-state index in [1.807, 2.05) is 30.3 Å². The smallest absolute Gasteiger partial charge is 0.266 e. The summed E-state index contributed by atoms with van der Waals surface area (Å²) in [6.45, 7) is 0. The van der Waals surface area contributed by atoms with Gasteiger partial charge < -0.3 is 5.32 Å². The van der Waals surface area contributed by atoms with Crippen molar-refractivity contribution < 1.29 is 4.79 Å². The van der Waals surface area contributed by atoms with Gasteiger partial charge in [0.05, 0.1) is 5.56 Å². The lowest BCUT2D eigenvalue weighted by atomic mass is 9.96. The van der Waals surface area contributed by atoms with E-state index in [-0.39, 0.29) is 5.57 Å². The molecule has 0 bridgehead atoms. The van der Waals surface area contributed by atoms with Gasteiger partial charge in [-0.1, -0.05) is 34.1 Å². The number of nitrogens with one attached hydrogen (secondary N) is 1. The monoisotopic (exact) mass is 411 g/mol.